The third-order valence-electron chi connectivity index (χ3n) is 1.30. The first kappa shape index (κ1) is 10.9. The number of rotatable bonds is 7. The zero-order valence-electron chi connectivity index (χ0n) is 6.88. The van der Waals surface area contributed by atoms with Gasteiger partial charge in [-0.25, -0.2) is 0 Å². The molecule has 0 bridgehead atoms. The summed E-state index contributed by atoms with van der Waals surface area (Å²) >= 11 is 0. The number of hydrogen-bond acceptors (Lipinski definition) is 3. The lowest BCUT2D eigenvalue weighted by Gasteiger charge is -1.99. The Morgan fingerprint density at radius 3 is 2.50 bits per heavy atom. The van der Waals surface area contributed by atoms with Crippen LogP contribution in [0.25, 0.3) is 0 Å². The van der Waals surface area contributed by atoms with Gasteiger partial charge in [0.25, 0.3) is 0 Å². The van der Waals surface area contributed by atoms with Gasteiger partial charge in [0.05, 0.1) is 6.54 Å². The highest BCUT2D eigenvalue weighted by Gasteiger charge is 1.96. The van der Waals surface area contributed by atoms with E-state index in [1.54, 1.807) is 0 Å². The molecule has 0 heterocycles. The highest BCUT2D eigenvalue weighted by atomic mass is 16.4. The highest BCUT2D eigenvalue weighted by molar-refractivity contribution is 5.73. The Morgan fingerprint density at radius 2 is 2.00 bits per heavy atom. The second kappa shape index (κ2) is 6.60. The van der Waals surface area contributed by atoms with E-state index in [2.05, 4.69) is 5.32 Å². The van der Waals surface area contributed by atoms with Crippen molar-refractivity contribution in [1.29, 1.82) is 0 Å². The highest BCUT2D eigenvalue weighted by Crippen LogP contribution is 1.91. The Hall–Kier alpha value is -1.10. The number of carboxylic acids is 1. The molecule has 0 aromatic heterocycles. The zero-order valence-corrected chi connectivity index (χ0v) is 6.88. The summed E-state index contributed by atoms with van der Waals surface area (Å²) in [6.07, 6.45) is 1.85. The Labute approximate surface area is 70.9 Å². The quantitative estimate of drug-likeness (QED) is 0.446. The van der Waals surface area contributed by atoms with Gasteiger partial charge in [-0.3, -0.25) is 9.59 Å². The first-order valence-electron chi connectivity index (χ1n) is 3.83. The van der Waals surface area contributed by atoms with Crippen LogP contribution in [0.2, 0.25) is 0 Å². The Kier molecular flexibility index (Phi) is 6.00. The van der Waals surface area contributed by atoms with Crippen LogP contribution in [-0.2, 0) is 9.59 Å². The van der Waals surface area contributed by atoms with E-state index in [0.717, 1.165) is 6.42 Å². The van der Waals surface area contributed by atoms with E-state index in [1.807, 2.05) is 0 Å². The van der Waals surface area contributed by atoms with E-state index in [4.69, 9.17) is 10.8 Å². The molecule has 0 aliphatic rings. The molecular weight excluding hydrogens is 160 g/mol. The van der Waals surface area contributed by atoms with Crippen molar-refractivity contribution in [3.63, 3.8) is 0 Å². The molecule has 0 atom stereocenters. The van der Waals surface area contributed by atoms with Crippen molar-refractivity contribution in [2.75, 3.05) is 13.1 Å². The van der Waals surface area contributed by atoms with Gasteiger partial charge in [-0.15, -0.1) is 0 Å². The average molecular weight is 174 g/mol. The number of carbonyl (C=O) groups is 2. The van der Waals surface area contributed by atoms with Crippen LogP contribution in [-0.4, -0.2) is 30.1 Å². The third-order valence-corrected chi connectivity index (χ3v) is 1.30. The Morgan fingerprint density at radius 1 is 1.33 bits per heavy atom. The van der Waals surface area contributed by atoms with Crippen LogP contribution in [0, 0.1) is 0 Å². The number of nitrogens with one attached hydrogen (secondary N) is 1. The summed E-state index contributed by atoms with van der Waals surface area (Å²) in [5.41, 5.74) is 4.90. The average Bonchev–Trinajstić information content (AvgIpc) is 1.95. The van der Waals surface area contributed by atoms with Crippen LogP contribution < -0.4 is 11.1 Å². The Bertz CT molecular complexity index is 141. The third kappa shape index (κ3) is 8.90. The van der Waals surface area contributed by atoms with Gasteiger partial charge in [0.2, 0.25) is 5.91 Å². The van der Waals surface area contributed by atoms with Gasteiger partial charge in [0.15, 0.2) is 0 Å². The minimum absolute atomic E-state index is 0.0312. The molecule has 70 valence electrons. The summed E-state index contributed by atoms with van der Waals surface area (Å²) in [5, 5.41) is 10.9. The van der Waals surface area contributed by atoms with Crippen LogP contribution in [0.1, 0.15) is 19.3 Å². The van der Waals surface area contributed by atoms with Crippen LogP contribution >= 0.6 is 0 Å². The van der Waals surface area contributed by atoms with E-state index in [-0.39, 0.29) is 12.5 Å². The molecule has 0 unspecified atom stereocenters. The lowest BCUT2D eigenvalue weighted by molar-refractivity contribution is -0.136. The summed E-state index contributed by atoms with van der Waals surface area (Å²) < 4.78 is 0. The number of unbranched alkanes of at least 4 members (excludes halogenated alkanes) is 1. The number of primary amides is 1. The molecule has 12 heavy (non-hydrogen) atoms. The number of amides is 1. The van der Waals surface area contributed by atoms with Crippen molar-refractivity contribution in [2.45, 2.75) is 19.3 Å². The van der Waals surface area contributed by atoms with Gasteiger partial charge in [-0.2, -0.15) is 0 Å². The van der Waals surface area contributed by atoms with E-state index in [0.29, 0.717) is 19.4 Å². The molecule has 5 nitrogen and oxygen atoms in total. The molecule has 1 amide bonds. The van der Waals surface area contributed by atoms with E-state index in [9.17, 15) is 9.59 Å². The summed E-state index contributed by atoms with van der Waals surface area (Å²) in [4.78, 5) is 20.3. The first-order valence-corrected chi connectivity index (χ1v) is 3.83. The number of aliphatic carboxylic acids is 1. The monoisotopic (exact) mass is 174 g/mol. The van der Waals surface area contributed by atoms with Crippen molar-refractivity contribution in [2.24, 2.45) is 5.73 Å². The molecule has 0 aromatic rings. The number of carboxylic acid groups (broad SMARTS) is 1. The van der Waals surface area contributed by atoms with Crippen molar-refractivity contribution in [3.8, 4) is 0 Å². The molecule has 0 aliphatic carbocycles. The standard InChI is InChI=1S/C7H14N2O3/c8-6(10)3-1-2-4-9-5-7(11)12/h9H,1-5H2,(H2,8,10)(H,11,12). The Balaban J connectivity index is 3.01. The zero-order chi connectivity index (χ0) is 9.40. The maximum absolute atomic E-state index is 10.2. The summed E-state index contributed by atoms with van der Waals surface area (Å²) in [6.45, 7) is 0.580. The molecule has 0 radical (unpaired) electrons. The molecule has 4 N–H and O–H groups in total. The van der Waals surface area contributed by atoms with Crippen LogP contribution in [0.5, 0.6) is 0 Å². The molecule has 0 rings (SSSR count). The molecule has 0 fully saturated rings. The van der Waals surface area contributed by atoms with Crippen LogP contribution in [0.4, 0.5) is 0 Å². The summed E-state index contributed by atoms with van der Waals surface area (Å²) in [5.74, 6) is -1.18. The molecule has 0 spiro atoms. The normalized spacial score (nSPS) is 9.67. The van der Waals surface area contributed by atoms with Crippen LogP contribution in [0.15, 0.2) is 0 Å². The fourth-order valence-corrected chi connectivity index (χ4v) is 0.745. The van der Waals surface area contributed by atoms with Crippen molar-refractivity contribution in [1.82, 2.24) is 5.32 Å². The molecule has 0 saturated carbocycles. The molecule has 0 aliphatic heterocycles. The van der Waals surface area contributed by atoms with Crippen LogP contribution in [0.3, 0.4) is 0 Å². The summed E-state index contributed by atoms with van der Waals surface area (Å²) in [6, 6.07) is 0. The number of hydrogen-bond donors (Lipinski definition) is 3. The van der Waals surface area contributed by atoms with Crippen molar-refractivity contribution >= 4 is 11.9 Å². The van der Waals surface area contributed by atoms with E-state index in [1.165, 1.54) is 0 Å². The molecule has 0 aromatic carbocycles. The van der Waals surface area contributed by atoms with Gasteiger partial charge >= 0.3 is 5.97 Å². The minimum atomic E-state index is -0.870. The minimum Gasteiger partial charge on any atom is -0.480 e. The number of carbonyl (C=O) groups excluding carboxylic acids is 1. The van der Waals surface area contributed by atoms with E-state index >= 15 is 0 Å². The maximum atomic E-state index is 10.2. The topological polar surface area (TPSA) is 92.4 Å². The first-order chi connectivity index (χ1) is 5.63. The largest absolute Gasteiger partial charge is 0.480 e. The van der Waals surface area contributed by atoms with Crippen molar-refractivity contribution < 1.29 is 14.7 Å². The van der Waals surface area contributed by atoms with Gasteiger partial charge in [0, 0.05) is 6.42 Å². The molecular formula is C7H14N2O3. The number of nitrogens with two attached hydrogens (primary N) is 1. The lowest BCUT2D eigenvalue weighted by Crippen LogP contribution is -2.23. The molecule has 5 heteroatoms. The van der Waals surface area contributed by atoms with Gasteiger partial charge in [-0.1, -0.05) is 0 Å². The maximum Gasteiger partial charge on any atom is 0.317 e. The second-order valence-corrected chi connectivity index (χ2v) is 2.49. The smallest absolute Gasteiger partial charge is 0.317 e. The predicted molar refractivity (Wildman–Crippen MR) is 43.6 cm³/mol. The predicted octanol–water partition coefficient (Wildman–Crippen LogP) is -0.684. The van der Waals surface area contributed by atoms with Gasteiger partial charge in [0.1, 0.15) is 0 Å². The van der Waals surface area contributed by atoms with Crippen molar-refractivity contribution in [3.05, 3.63) is 0 Å². The van der Waals surface area contributed by atoms with Gasteiger partial charge in [-0.05, 0) is 19.4 Å². The van der Waals surface area contributed by atoms with Gasteiger partial charge < -0.3 is 16.2 Å². The fraction of sp³-hybridized carbons (Fsp3) is 0.714. The summed E-state index contributed by atoms with van der Waals surface area (Å²) in [7, 11) is 0. The fourth-order valence-electron chi connectivity index (χ4n) is 0.745. The SMILES string of the molecule is NC(=O)CCCCNCC(=O)O. The lowest BCUT2D eigenvalue weighted by atomic mass is 10.2. The second-order valence-electron chi connectivity index (χ2n) is 2.49. The molecule has 0 saturated heterocycles. The van der Waals surface area contributed by atoms with E-state index < -0.39 is 5.97 Å².